The van der Waals surface area contributed by atoms with Crippen molar-refractivity contribution < 1.29 is 14.3 Å². The van der Waals surface area contributed by atoms with Crippen molar-refractivity contribution in [3.05, 3.63) is 28.2 Å². The highest BCUT2D eigenvalue weighted by atomic mass is 79.9. The molecule has 1 atom stereocenters. The molecule has 0 saturated heterocycles. The van der Waals surface area contributed by atoms with Gasteiger partial charge in [-0.3, -0.25) is 4.79 Å². The molecule has 1 aromatic rings. The van der Waals surface area contributed by atoms with Crippen LogP contribution in [0.3, 0.4) is 0 Å². The summed E-state index contributed by atoms with van der Waals surface area (Å²) in [4.78, 5) is 12.0. The lowest BCUT2D eigenvalue weighted by atomic mass is 10.2. The highest BCUT2D eigenvalue weighted by Gasteiger charge is 2.11. The van der Waals surface area contributed by atoms with E-state index in [1.165, 1.54) is 0 Å². The van der Waals surface area contributed by atoms with Gasteiger partial charge in [-0.15, -0.1) is 0 Å². The van der Waals surface area contributed by atoms with Gasteiger partial charge in [-0.25, -0.2) is 0 Å². The van der Waals surface area contributed by atoms with Crippen LogP contribution in [-0.4, -0.2) is 32.8 Å². The maximum absolute atomic E-state index is 12.0. The predicted octanol–water partition coefficient (Wildman–Crippen LogP) is 2.61. The van der Waals surface area contributed by atoms with Crippen molar-refractivity contribution in [1.29, 1.82) is 0 Å². The third-order valence-electron chi connectivity index (χ3n) is 2.66. The molecule has 1 amide bonds. The van der Waals surface area contributed by atoms with Crippen LogP contribution in [-0.2, 0) is 4.74 Å². The highest BCUT2D eigenvalue weighted by molar-refractivity contribution is 9.10. The standard InChI is InChI=1S/C13H18BrNO3/c1-9(17-2)6-7-15-13(16)11-8-10(18-3)4-5-12(11)14/h4-5,8-9H,6-7H2,1-3H3,(H,15,16)/t9-/m0/s1. The molecule has 0 aliphatic carbocycles. The van der Waals surface area contributed by atoms with Crippen LogP contribution in [0.1, 0.15) is 23.7 Å². The number of halogens is 1. The lowest BCUT2D eigenvalue weighted by Gasteiger charge is -2.11. The lowest BCUT2D eigenvalue weighted by molar-refractivity contribution is 0.0917. The normalized spacial score (nSPS) is 12.0. The van der Waals surface area contributed by atoms with Gasteiger partial charge >= 0.3 is 0 Å². The van der Waals surface area contributed by atoms with Crippen molar-refractivity contribution in [2.75, 3.05) is 20.8 Å². The van der Waals surface area contributed by atoms with Crippen molar-refractivity contribution in [3.63, 3.8) is 0 Å². The number of benzene rings is 1. The van der Waals surface area contributed by atoms with E-state index in [2.05, 4.69) is 21.2 Å². The summed E-state index contributed by atoms with van der Waals surface area (Å²) in [5, 5.41) is 2.85. The second-order valence-corrected chi connectivity index (χ2v) is 4.79. The molecule has 100 valence electrons. The Bertz CT molecular complexity index is 409. The summed E-state index contributed by atoms with van der Waals surface area (Å²) < 4.78 is 11.0. The van der Waals surface area contributed by atoms with Crippen LogP contribution in [0.15, 0.2) is 22.7 Å². The molecule has 0 heterocycles. The summed E-state index contributed by atoms with van der Waals surface area (Å²) in [7, 11) is 3.23. The Balaban J connectivity index is 2.61. The van der Waals surface area contributed by atoms with Crippen molar-refractivity contribution in [2.45, 2.75) is 19.4 Å². The first kappa shape index (κ1) is 15.0. The Labute approximate surface area is 116 Å². The first-order valence-corrected chi connectivity index (χ1v) is 6.52. The Morgan fingerprint density at radius 3 is 2.78 bits per heavy atom. The molecule has 18 heavy (non-hydrogen) atoms. The molecular formula is C13H18BrNO3. The van der Waals surface area contributed by atoms with Crippen LogP contribution < -0.4 is 10.1 Å². The quantitative estimate of drug-likeness (QED) is 0.877. The van der Waals surface area contributed by atoms with E-state index in [1.54, 1.807) is 32.4 Å². The van der Waals surface area contributed by atoms with Gasteiger partial charge in [-0.2, -0.15) is 0 Å². The fourth-order valence-electron chi connectivity index (χ4n) is 1.41. The summed E-state index contributed by atoms with van der Waals surface area (Å²) in [5.74, 6) is 0.540. The molecule has 0 aliphatic heterocycles. The third kappa shape index (κ3) is 4.31. The number of methoxy groups -OCH3 is 2. The van der Waals surface area contributed by atoms with Gasteiger partial charge in [0.1, 0.15) is 5.75 Å². The van der Waals surface area contributed by atoms with Gasteiger partial charge in [0.25, 0.3) is 5.91 Å². The number of carbonyl (C=O) groups is 1. The van der Waals surface area contributed by atoms with Gasteiger partial charge in [0.05, 0.1) is 18.8 Å². The van der Waals surface area contributed by atoms with E-state index in [0.717, 1.165) is 10.9 Å². The van der Waals surface area contributed by atoms with Crippen LogP contribution in [0.2, 0.25) is 0 Å². The number of hydrogen-bond donors (Lipinski definition) is 1. The highest BCUT2D eigenvalue weighted by Crippen LogP contribution is 2.22. The summed E-state index contributed by atoms with van der Waals surface area (Å²) in [6.07, 6.45) is 0.920. The fourth-order valence-corrected chi connectivity index (χ4v) is 1.83. The smallest absolute Gasteiger partial charge is 0.252 e. The Morgan fingerprint density at radius 1 is 1.44 bits per heavy atom. The molecule has 4 nitrogen and oxygen atoms in total. The largest absolute Gasteiger partial charge is 0.497 e. The molecule has 0 bridgehead atoms. The molecule has 1 aromatic carbocycles. The maximum Gasteiger partial charge on any atom is 0.252 e. The summed E-state index contributed by atoms with van der Waals surface area (Å²) in [6.45, 7) is 2.55. The average molecular weight is 316 g/mol. The summed E-state index contributed by atoms with van der Waals surface area (Å²) in [6, 6.07) is 5.30. The zero-order valence-corrected chi connectivity index (χ0v) is 12.4. The van der Waals surface area contributed by atoms with Crippen LogP contribution >= 0.6 is 15.9 Å². The minimum absolute atomic E-state index is 0.121. The predicted molar refractivity (Wildman–Crippen MR) is 74.1 cm³/mol. The molecule has 1 N–H and O–H groups in total. The molecule has 0 unspecified atom stereocenters. The van der Waals surface area contributed by atoms with Gasteiger partial charge in [-0.1, -0.05) is 0 Å². The number of nitrogens with one attached hydrogen (secondary N) is 1. The first-order valence-electron chi connectivity index (χ1n) is 5.73. The number of carbonyl (C=O) groups excluding carboxylic acids is 1. The molecule has 0 aromatic heterocycles. The summed E-state index contributed by atoms with van der Waals surface area (Å²) >= 11 is 3.35. The second-order valence-electron chi connectivity index (χ2n) is 3.94. The Kier molecular flexibility index (Phi) is 6.15. The van der Waals surface area contributed by atoms with Crippen LogP contribution in [0.4, 0.5) is 0 Å². The van der Waals surface area contributed by atoms with Crippen molar-refractivity contribution in [2.24, 2.45) is 0 Å². The van der Waals surface area contributed by atoms with E-state index in [4.69, 9.17) is 9.47 Å². The molecule has 0 radical (unpaired) electrons. The van der Waals surface area contributed by atoms with Gasteiger partial charge in [0.2, 0.25) is 0 Å². The zero-order chi connectivity index (χ0) is 13.5. The van der Waals surface area contributed by atoms with Gasteiger partial charge < -0.3 is 14.8 Å². The topological polar surface area (TPSA) is 47.6 Å². The number of rotatable bonds is 6. The number of amides is 1. The van der Waals surface area contributed by atoms with E-state index in [1.807, 2.05) is 6.92 Å². The molecule has 0 aliphatic rings. The fraction of sp³-hybridized carbons (Fsp3) is 0.462. The Morgan fingerprint density at radius 2 is 2.17 bits per heavy atom. The maximum atomic E-state index is 12.0. The molecule has 0 fully saturated rings. The monoisotopic (exact) mass is 315 g/mol. The van der Waals surface area contributed by atoms with Gasteiger partial charge in [0, 0.05) is 18.1 Å². The van der Waals surface area contributed by atoms with Crippen molar-refractivity contribution in [3.8, 4) is 5.75 Å². The van der Waals surface area contributed by atoms with E-state index in [0.29, 0.717) is 17.9 Å². The van der Waals surface area contributed by atoms with Crippen LogP contribution in [0.5, 0.6) is 5.75 Å². The van der Waals surface area contributed by atoms with Crippen LogP contribution in [0.25, 0.3) is 0 Å². The zero-order valence-electron chi connectivity index (χ0n) is 10.8. The summed E-state index contributed by atoms with van der Waals surface area (Å²) in [5.41, 5.74) is 0.569. The van der Waals surface area contributed by atoms with E-state index in [9.17, 15) is 4.79 Å². The molecule has 0 saturated carbocycles. The average Bonchev–Trinajstić information content (AvgIpc) is 2.38. The number of ether oxygens (including phenoxy) is 2. The molecule has 5 heteroatoms. The van der Waals surface area contributed by atoms with E-state index >= 15 is 0 Å². The van der Waals surface area contributed by atoms with E-state index in [-0.39, 0.29) is 12.0 Å². The lowest BCUT2D eigenvalue weighted by Crippen LogP contribution is -2.27. The van der Waals surface area contributed by atoms with Crippen molar-refractivity contribution >= 4 is 21.8 Å². The van der Waals surface area contributed by atoms with Gasteiger partial charge in [-0.05, 0) is 47.5 Å². The van der Waals surface area contributed by atoms with E-state index < -0.39 is 0 Å². The molecule has 0 spiro atoms. The van der Waals surface area contributed by atoms with Gasteiger partial charge in [0.15, 0.2) is 0 Å². The second kappa shape index (κ2) is 7.38. The molecular weight excluding hydrogens is 298 g/mol. The Hall–Kier alpha value is -1.07. The minimum Gasteiger partial charge on any atom is -0.497 e. The third-order valence-corrected chi connectivity index (χ3v) is 3.35. The van der Waals surface area contributed by atoms with Crippen molar-refractivity contribution in [1.82, 2.24) is 5.32 Å². The number of hydrogen-bond acceptors (Lipinski definition) is 3. The minimum atomic E-state index is -0.121. The SMILES string of the molecule is COc1ccc(Br)c(C(=O)NCC[C@H](C)OC)c1. The first-order chi connectivity index (χ1) is 8.58. The van der Waals surface area contributed by atoms with Crippen LogP contribution in [0, 0.1) is 0 Å². The molecule has 1 rings (SSSR count).